The van der Waals surface area contributed by atoms with Crippen molar-refractivity contribution in [3.8, 4) is 0 Å². The van der Waals surface area contributed by atoms with Gasteiger partial charge in [-0.05, 0) is 37.7 Å². The van der Waals surface area contributed by atoms with E-state index in [-0.39, 0.29) is 5.91 Å². The third kappa shape index (κ3) is 3.18. The van der Waals surface area contributed by atoms with Gasteiger partial charge in [0.2, 0.25) is 0 Å². The molecule has 1 amide bonds. The van der Waals surface area contributed by atoms with Crippen LogP contribution < -0.4 is 0 Å². The van der Waals surface area contributed by atoms with E-state index in [0.717, 1.165) is 44.3 Å². The molecule has 1 aromatic heterocycles. The summed E-state index contributed by atoms with van der Waals surface area (Å²) in [6.07, 6.45) is 3.32. The monoisotopic (exact) mass is 323 g/mol. The number of hydrogen-bond donors (Lipinski definition) is 0. The third-order valence-corrected chi connectivity index (χ3v) is 5.84. The molecule has 122 valence electrons. The van der Waals surface area contributed by atoms with Gasteiger partial charge in [0.15, 0.2) is 0 Å². The molecule has 3 heterocycles. The van der Waals surface area contributed by atoms with Crippen molar-refractivity contribution < 1.29 is 9.32 Å². The van der Waals surface area contributed by atoms with Crippen molar-refractivity contribution in [2.45, 2.75) is 39.2 Å². The van der Waals surface area contributed by atoms with Crippen LogP contribution >= 0.6 is 11.8 Å². The van der Waals surface area contributed by atoms with Crippen molar-refractivity contribution >= 4 is 17.7 Å². The predicted molar refractivity (Wildman–Crippen MR) is 88.4 cm³/mol. The number of hydrogen-bond acceptors (Lipinski definition) is 5. The van der Waals surface area contributed by atoms with Gasteiger partial charge in [-0.1, -0.05) is 12.1 Å². The second-order valence-electron chi connectivity index (χ2n) is 6.09. The molecule has 2 fully saturated rings. The van der Waals surface area contributed by atoms with E-state index in [1.807, 2.05) is 18.7 Å². The van der Waals surface area contributed by atoms with E-state index >= 15 is 0 Å². The molecule has 1 aromatic rings. The van der Waals surface area contributed by atoms with Crippen molar-refractivity contribution in [1.29, 1.82) is 0 Å². The zero-order chi connectivity index (χ0) is 15.5. The molecule has 2 saturated heterocycles. The Bertz CT molecular complexity index is 517. The maximum atomic E-state index is 12.7. The van der Waals surface area contributed by atoms with E-state index in [9.17, 15) is 4.79 Å². The van der Waals surface area contributed by atoms with Gasteiger partial charge in [0.25, 0.3) is 5.91 Å². The molecule has 0 saturated carbocycles. The molecule has 0 N–H and O–H groups in total. The lowest BCUT2D eigenvalue weighted by atomic mass is 10.1. The molecule has 0 bridgehead atoms. The van der Waals surface area contributed by atoms with Crippen LogP contribution in [0.25, 0.3) is 0 Å². The Morgan fingerprint density at radius 1 is 1.27 bits per heavy atom. The minimum absolute atomic E-state index is 0.0921. The zero-order valence-corrected chi connectivity index (χ0v) is 14.3. The van der Waals surface area contributed by atoms with Crippen LogP contribution in [0.15, 0.2) is 4.52 Å². The number of aryl methyl sites for hydroxylation is 2. The fourth-order valence-corrected chi connectivity index (χ4v) is 4.51. The Labute approximate surface area is 136 Å². The number of carbonyl (C=O) groups excluding carboxylic acids is 1. The molecule has 0 unspecified atom stereocenters. The van der Waals surface area contributed by atoms with Gasteiger partial charge < -0.3 is 9.42 Å². The van der Waals surface area contributed by atoms with E-state index in [4.69, 9.17) is 4.52 Å². The lowest BCUT2D eigenvalue weighted by Crippen LogP contribution is -2.52. The lowest BCUT2D eigenvalue weighted by Gasteiger charge is -2.40. The highest BCUT2D eigenvalue weighted by Crippen LogP contribution is 2.24. The number of amides is 1. The van der Waals surface area contributed by atoms with Crippen LogP contribution in [0.5, 0.6) is 0 Å². The topological polar surface area (TPSA) is 49.6 Å². The van der Waals surface area contributed by atoms with E-state index in [0.29, 0.717) is 11.3 Å². The van der Waals surface area contributed by atoms with Gasteiger partial charge in [-0.25, -0.2) is 0 Å². The maximum Gasteiger partial charge on any atom is 0.259 e. The normalized spacial score (nSPS) is 21.3. The van der Waals surface area contributed by atoms with Gasteiger partial charge >= 0.3 is 0 Å². The van der Waals surface area contributed by atoms with Gasteiger partial charge in [0, 0.05) is 32.2 Å². The molecule has 22 heavy (non-hydrogen) atoms. The summed E-state index contributed by atoms with van der Waals surface area (Å²) in [6, 6.07) is 0.724. The second-order valence-corrected chi connectivity index (χ2v) is 7.31. The molecule has 0 spiro atoms. The van der Waals surface area contributed by atoms with Gasteiger partial charge in [0.05, 0.1) is 5.69 Å². The quantitative estimate of drug-likeness (QED) is 0.853. The third-order valence-electron chi connectivity index (χ3n) is 4.79. The summed E-state index contributed by atoms with van der Waals surface area (Å²) < 4.78 is 5.20. The number of nitrogens with zero attached hydrogens (tertiary/aromatic N) is 3. The number of rotatable bonds is 3. The summed E-state index contributed by atoms with van der Waals surface area (Å²) in [6.45, 7) is 7.45. The van der Waals surface area contributed by atoms with E-state index in [1.54, 1.807) is 0 Å². The molecule has 0 atom stereocenters. The molecule has 0 aromatic carbocycles. The standard InChI is InChI=1S/C16H25N3O2S/c1-3-14-15(12(2)21-17-14)16(20)19-8-6-18(7-9-19)13-4-10-22-11-5-13/h13H,3-11H2,1-2H3. The molecule has 3 rings (SSSR count). The van der Waals surface area contributed by atoms with E-state index < -0.39 is 0 Å². The number of thioether (sulfide) groups is 1. The fourth-order valence-electron chi connectivity index (χ4n) is 3.43. The SMILES string of the molecule is CCc1noc(C)c1C(=O)N1CCN(C2CCSCC2)CC1. The van der Waals surface area contributed by atoms with Crippen LogP contribution in [0.2, 0.25) is 0 Å². The van der Waals surface area contributed by atoms with Crippen LogP contribution in [0.3, 0.4) is 0 Å². The summed E-state index contributed by atoms with van der Waals surface area (Å²) in [7, 11) is 0. The zero-order valence-electron chi connectivity index (χ0n) is 13.5. The average Bonchev–Trinajstić information content (AvgIpc) is 2.96. The van der Waals surface area contributed by atoms with Crippen molar-refractivity contribution in [1.82, 2.24) is 15.0 Å². The van der Waals surface area contributed by atoms with Crippen LogP contribution in [-0.2, 0) is 6.42 Å². The minimum Gasteiger partial charge on any atom is -0.361 e. The summed E-state index contributed by atoms with van der Waals surface area (Å²) >= 11 is 2.06. The van der Waals surface area contributed by atoms with Crippen molar-refractivity contribution in [3.63, 3.8) is 0 Å². The minimum atomic E-state index is 0.0921. The van der Waals surface area contributed by atoms with Gasteiger partial charge in [-0.2, -0.15) is 11.8 Å². The first-order valence-electron chi connectivity index (χ1n) is 8.27. The van der Waals surface area contributed by atoms with E-state index in [2.05, 4.69) is 21.8 Å². The Hall–Kier alpha value is -1.01. The van der Waals surface area contributed by atoms with Gasteiger partial charge in [0.1, 0.15) is 11.3 Å². The predicted octanol–water partition coefficient (Wildman–Crippen LogP) is 2.20. The van der Waals surface area contributed by atoms with Crippen LogP contribution in [-0.4, -0.2) is 64.6 Å². The molecule has 0 aliphatic carbocycles. The largest absolute Gasteiger partial charge is 0.361 e. The summed E-state index contributed by atoms with van der Waals surface area (Å²) in [5.41, 5.74) is 1.47. The molecule has 0 radical (unpaired) electrons. The number of aromatic nitrogens is 1. The highest BCUT2D eigenvalue weighted by molar-refractivity contribution is 7.99. The summed E-state index contributed by atoms with van der Waals surface area (Å²) in [5.74, 6) is 3.30. The first-order chi connectivity index (χ1) is 10.7. The van der Waals surface area contributed by atoms with Crippen LogP contribution in [0, 0.1) is 6.92 Å². The highest BCUT2D eigenvalue weighted by Gasteiger charge is 2.30. The Kier molecular flexibility index (Phi) is 5.08. The van der Waals surface area contributed by atoms with Gasteiger partial charge in [-0.15, -0.1) is 0 Å². The molecular formula is C16H25N3O2S. The molecule has 6 heteroatoms. The smallest absolute Gasteiger partial charge is 0.259 e. The average molecular weight is 323 g/mol. The van der Waals surface area contributed by atoms with Crippen LogP contribution in [0.1, 0.15) is 41.6 Å². The van der Waals surface area contributed by atoms with Gasteiger partial charge in [-0.3, -0.25) is 9.69 Å². The van der Waals surface area contributed by atoms with E-state index in [1.165, 1.54) is 24.3 Å². The molecule has 2 aliphatic heterocycles. The molecular weight excluding hydrogens is 298 g/mol. The maximum absolute atomic E-state index is 12.7. The number of carbonyl (C=O) groups is 1. The second kappa shape index (κ2) is 7.04. The van der Waals surface area contributed by atoms with Crippen molar-refractivity contribution in [2.75, 3.05) is 37.7 Å². The lowest BCUT2D eigenvalue weighted by molar-refractivity contribution is 0.0557. The van der Waals surface area contributed by atoms with Crippen molar-refractivity contribution in [2.24, 2.45) is 0 Å². The molecule has 2 aliphatic rings. The van der Waals surface area contributed by atoms with Crippen molar-refractivity contribution in [3.05, 3.63) is 17.0 Å². The van der Waals surface area contributed by atoms with Crippen LogP contribution in [0.4, 0.5) is 0 Å². The highest BCUT2D eigenvalue weighted by atomic mass is 32.2. The Balaban J connectivity index is 1.61. The fraction of sp³-hybridized carbons (Fsp3) is 0.750. The Morgan fingerprint density at radius 3 is 2.59 bits per heavy atom. The Morgan fingerprint density at radius 2 is 1.95 bits per heavy atom. The number of piperazine rings is 1. The summed E-state index contributed by atoms with van der Waals surface area (Å²) in [4.78, 5) is 17.3. The summed E-state index contributed by atoms with van der Waals surface area (Å²) in [5, 5.41) is 4.00. The molecule has 5 nitrogen and oxygen atoms in total. The first-order valence-corrected chi connectivity index (χ1v) is 9.42. The first kappa shape index (κ1) is 15.9.